The van der Waals surface area contributed by atoms with Crippen molar-refractivity contribution in [1.29, 1.82) is 0 Å². The van der Waals surface area contributed by atoms with E-state index in [2.05, 4.69) is 0 Å². The second kappa shape index (κ2) is 8.82. The van der Waals surface area contributed by atoms with Crippen LogP contribution in [0.1, 0.15) is 0 Å². The fraction of sp³-hybridized carbons (Fsp3) is 1.00. The van der Waals surface area contributed by atoms with Crippen LogP contribution >= 0.6 is 0 Å². The number of hydrogen-bond donors (Lipinski definition) is 2. The van der Waals surface area contributed by atoms with Gasteiger partial charge in [0, 0.05) is 6.26 Å². The van der Waals surface area contributed by atoms with E-state index in [1.807, 2.05) is 0 Å². The number of aliphatic hydroxyl groups excluding tert-OH is 2. The summed E-state index contributed by atoms with van der Waals surface area (Å²) in [5.74, 6) is 0. The van der Waals surface area contributed by atoms with Crippen molar-refractivity contribution < 1.29 is 37.7 Å². The lowest BCUT2D eigenvalue weighted by Crippen LogP contribution is -2.41. The van der Waals surface area contributed by atoms with Crippen molar-refractivity contribution in [3.05, 3.63) is 0 Å². The van der Waals surface area contributed by atoms with Crippen LogP contribution in [0.15, 0.2) is 0 Å². The molecule has 100 valence electrons. The molecule has 0 amide bonds. The normalized spacial score (nSPS) is 11.9. The molecule has 0 atom stereocenters. The van der Waals surface area contributed by atoms with Gasteiger partial charge in [0.25, 0.3) is 0 Å². The van der Waals surface area contributed by atoms with E-state index in [9.17, 15) is 0 Å². The molecule has 0 aliphatic heterocycles. The van der Waals surface area contributed by atoms with Crippen molar-refractivity contribution in [3.8, 4) is 0 Å². The third-order valence-electron chi connectivity index (χ3n) is 0.987. The van der Waals surface area contributed by atoms with Gasteiger partial charge in [-0.2, -0.15) is 9.68 Å². The molecule has 16 heavy (non-hydrogen) atoms. The van der Waals surface area contributed by atoms with Crippen molar-refractivity contribution in [2.75, 3.05) is 46.8 Å². The maximum Gasteiger partial charge on any atom is 0.133 e. The van der Waals surface area contributed by atoms with Crippen LogP contribution in [-0.4, -0.2) is 74.8 Å². The van der Waals surface area contributed by atoms with E-state index in [0.29, 0.717) is 6.26 Å². The summed E-state index contributed by atoms with van der Waals surface area (Å²) in [7, 11) is -0.573. The van der Waals surface area contributed by atoms with Crippen molar-refractivity contribution in [3.63, 3.8) is 0 Å². The largest absolute Gasteiger partial charge is 0.748 e. The van der Waals surface area contributed by atoms with E-state index in [1.165, 1.54) is 0 Å². The summed E-state index contributed by atoms with van der Waals surface area (Å²) < 4.78 is 27.2. The van der Waals surface area contributed by atoms with Crippen LogP contribution in [-0.2, 0) is 19.8 Å². The minimum atomic E-state index is -3.92. The number of quaternary nitrogens is 1. The highest BCUT2D eigenvalue weighted by atomic mass is 32.2. The Labute approximate surface area is 95.3 Å². The average molecular weight is 261 g/mol. The van der Waals surface area contributed by atoms with Gasteiger partial charge in [0.05, 0.1) is 23.3 Å². The zero-order chi connectivity index (χ0) is 13.2. The molecule has 9 heteroatoms. The molecule has 0 unspecified atom stereocenters. The van der Waals surface area contributed by atoms with Gasteiger partial charge in [-0.1, -0.05) is 0 Å². The van der Waals surface area contributed by atoms with E-state index in [0.717, 1.165) is 0 Å². The van der Waals surface area contributed by atoms with Crippen molar-refractivity contribution in [2.45, 2.75) is 0 Å². The van der Waals surface area contributed by atoms with Crippen molar-refractivity contribution in [2.24, 2.45) is 0 Å². The third-order valence-corrected chi connectivity index (χ3v) is 0.987. The Kier molecular flexibility index (Phi) is 9.96. The summed E-state index contributed by atoms with van der Waals surface area (Å²) >= 11 is 0. The Bertz CT molecular complexity index is 233. The number of nitrogens with zero attached hydrogens (tertiary/aromatic N) is 1. The Morgan fingerprint density at radius 3 is 1.56 bits per heavy atom. The molecule has 0 heterocycles. The molecular formula is C7H19NO7S. The average Bonchev–Trinajstić information content (AvgIpc) is 2.09. The van der Waals surface area contributed by atoms with E-state index >= 15 is 0 Å². The van der Waals surface area contributed by atoms with Gasteiger partial charge < -0.3 is 14.8 Å². The molecule has 0 aromatic heterocycles. The zero-order valence-corrected chi connectivity index (χ0v) is 10.4. The van der Waals surface area contributed by atoms with Crippen LogP contribution in [0.25, 0.3) is 0 Å². The van der Waals surface area contributed by atoms with E-state index in [4.69, 9.17) is 32.9 Å². The third kappa shape index (κ3) is 23.5. The van der Waals surface area contributed by atoms with Crippen LogP contribution in [0.2, 0.25) is 0 Å². The van der Waals surface area contributed by atoms with Crippen LogP contribution < -0.4 is 0 Å². The highest BCUT2D eigenvalue weighted by Crippen LogP contribution is 1.98. The van der Waals surface area contributed by atoms with Gasteiger partial charge in [-0.05, 0) is 4.81 Å². The quantitative estimate of drug-likeness (QED) is 0.325. The fourth-order valence-corrected chi connectivity index (χ4v) is 0.559. The standard InChI is InChI=1S/C6H16NO4.CH4O3S/c1-7(2,10-5-3-8)11-6-4-9;1-5(2,3)4/h8-9H,3-6H2,1-2H3;1H3,(H,2,3,4)/q+1;/p-1. The molecule has 0 spiro atoms. The minimum Gasteiger partial charge on any atom is -0.748 e. The van der Waals surface area contributed by atoms with E-state index in [-0.39, 0.29) is 31.2 Å². The first-order chi connectivity index (χ1) is 7.12. The second-order valence-corrected chi connectivity index (χ2v) is 4.48. The molecular weight excluding hydrogens is 242 g/mol. The summed E-state index contributed by atoms with van der Waals surface area (Å²) in [5, 5.41) is 16.8. The first-order valence-electron chi connectivity index (χ1n) is 4.38. The van der Waals surface area contributed by atoms with Crippen LogP contribution in [0.5, 0.6) is 0 Å². The first-order valence-corrected chi connectivity index (χ1v) is 6.19. The van der Waals surface area contributed by atoms with Gasteiger partial charge in [-0.15, -0.1) is 0 Å². The Hall–Kier alpha value is -0.290. The van der Waals surface area contributed by atoms with Gasteiger partial charge in [0.15, 0.2) is 0 Å². The van der Waals surface area contributed by atoms with Crippen molar-refractivity contribution in [1.82, 2.24) is 0 Å². The summed E-state index contributed by atoms with van der Waals surface area (Å²) in [6, 6.07) is 0. The Morgan fingerprint density at radius 2 is 1.38 bits per heavy atom. The molecule has 0 aromatic rings. The predicted octanol–water partition coefficient (Wildman–Crippen LogP) is -1.93. The number of aliphatic hydroxyl groups is 2. The maximum atomic E-state index is 9.08. The van der Waals surface area contributed by atoms with Gasteiger partial charge >= 0.3 is 0 Å². The minimum absolute atomic E-state index is 0.0375. The molecule has 0 aliphatic rings. The second-order valence-electron chi connectivity index (χ2n) is 3.07. The number of hydroxylamine groups is 4. The topological polar surface area (TPSA) is 116 Å². The molecule has 0 aromatic carbocycles. The first kappa shape index (κ1) is 18.1. The van der Waals surface area contributed by atoms with Crippen molar-refractivity contribution >= 4 is 10.1 Å². The molecule has 8 nitrogen and oxygen atoms in total. The smallest absolute Gasteiger partial charge is 0.133 e. The molecule has 0 radical (unpaired) electrons. The molecule has 0 fully saturated rings. The monoisotopic (exact) mass is 261 g/mol. The van der Waals surface area contributed by atoms with Crippen LogP contribution in [0.3, 0.4) is 0 Å². The highest BCUT2D eigenvalue weighted by Gasteiger charge is 2.17. The highest BCUT2D eigenvalue weighted by molar-refractivity contribution is 7.84. The molecule has 0 saturated carbocycles. The van der Waals surface area contributed by atoms with Crippen LogP contribution in [0, 0.1) is 0 Å². The Morgan fingerprint density at radius 1 is 1.12 bits per heavy atom. The summed E-state index contributed by atoms with van der Waals surface area (Å²) in [6.45, 7) is 0.366. The fourth-order valence-electron chi connectivity index (χ4n) is 0.559. The van der Waals surface area contributed by atoms with Gasteiger partial charge in [0.2, 0.25) is 0 Å². The summed E-state index contributed by atoms with van der Waals surface area (Å²) in [4.78, 5) is 9.96. The molecule has 0 rings (SSSR count). The molecule has 2 N–H and O–H groups in total. The lowest BCUT2D eigenvalue weighted by molar-refractivity contribution is -1.22. The van der Waals surface area contributed by atoms with Gasteiger partial charge in [0.1, 0.15) is 27.3 Å². The zero-order valence-electron chi connectivity index (χ0n) is 9.62. The van der Waals surface area contributed by atoms with E-state index < -0.39 is 10.1 Å². The molecule has 0 saturated heterocycles. The maximum absolute atomic E-state index is 9.08. The number of hydrogen-bond acceptors (Lipinski definition) is 7. The lowest BCUT2D eigenvalue weighted by atomic mass is 10.8. The molecule has 0 aliphatic carbocycles. The van der Waals surface area contributed by atoms with Gasteiger partial charge in [-0.3, -0.25) is 0 Å². The van der Waals surface area contributed by atoms with Gasteiger partial charge in [-0.25, -0.2) is 8.42 Å². The molecule has 0 bridgehead atoms. The van der Waals surface area contributed by atoms with E-state index in [1.54, 1.807) is 14.1 Å². The SMILES string of the molecule is CS(=O)(=O)[O-].C[N+](C)(OCCO)OCCO. The predicted molar refractivity (Wildman–Crippen MR) is 53.8 cm³/mol. The summed E-state index contributed by atoms with van der Waals surface area (Å²) in [5.41, 5.74) is 0. The summed E-state index contributed by atoms with van der Waals surface area (Å²) in [6.07, 6.45) is 0.604. The number of rotatable bonds is 6. The Balaban J connectivity index is 0. The van der Waals surface area contributed by atoms with Crippen LogP contribution in [0.4, 0.5) is 0 Å². The lowest BCUT2D eigenvalue weighted by Gasteiger charge is -2.23.